The second kappa shape index (κ2) is 5.51. The maximum atomic E-state index is 9.86. The summed E-state index contributed by atoms with van der Waals surface area (Å²) in [6.45, 7) is 1.89. The van der Waals surface area contributed by atoms with Crippen molar-refractivity contribution in [1.29, 1.82) is 0 Å². The monoisotopic (exact) mass is 204 g/mol. The predicted octanol–water partition coefficient (Wildman–Crippen LogP) is 0.503. The molecule has 6 heteroatoms. The van der Waals surface area contributed by atoms with Crippen LogP contribution in [0.4, 0.5) is 0 Å². The van der Waals surface area contributed by atoms with Gasteiger partial charge in [-0.1, -0.05) is 6.92 Å². The van der Waals surface area contributed by atoms with E-state index in [4.69, 9.17) is 9.79 Å². The minimum Gasteiger partial charge on any atom is -0.303 e. The Balaban J connectivity index is 0. The number of phosphoric ester groups is 1. The Morgan fingerprint density at radius 2 is 2.00 bits per heavy atom. The first-order chi connectivity index (χ1) is 3.56. The Bertz CT molecular complexity index is 100.0. The Hall–Kier alpha value is 0.733. The summed E-state index contributed by atoms with van der Waals surface area (Å²) >= 11 is 0. The van der Waals surface area contributed by atoms with Gasteiger partial charge in [-0.05, 0) is 6.42 Å². The van der Waals surface area contributed by atoms with Gasteiger partial charge in [0, 0.05) is 19.5 Å². The molecule has 0 aliphatic carbocycles. The van der Waals surface area contributed by atoms with Crippen LogP contribution >= 0.6 is 7.82 Å². The van der Waals surface area contributed by atoms with E-state index in [1.165, 1.54) is 0 Å². The third kappa shape index (κ3) is 12.0. The van der Waals surface area contributed by atoms with Gasteiger partial charge in [0.1, 0.15) is 0 Å². The van der Waals surface area contributed by atoms with Gasteiger partial charge in [0.15, 0.2) is 0 Å². The zero-order chi connectivity index (χ0) is 6.62. The van der Waals surface area contributed by atoms with Crippen molar-refractivity contribution in [1.82, 2.24) is 0 Å². The van der Waals surface area contributed by atoms with Crippen LogP contribution in [0.15, 0.2) is 0 Å². The Morgan fingerprint density at radius 3 is 2.11 bits per heavy atom. The fourth-order valence-corrected chi connectivity index (χ4v) is 0.631. The van der Waals surface area contributed by atoms with Gasteiger partial charge in [-0.3, -0.25) is 4.52 Å². The molecule has 0 saturated carbocycles. The molecule has 0 aromatic heterocycles. The molecule has 4 nitrogen and oxygen atoms in total. The molecule has 0 bridgehead atoms. The molecule has 0 radical (unpaired) electrons. The van der Waals surface area contributed by atoms with Gasteiger partial charge in [0.2, 0.25) is 0 Å². The van der Waals surface area contributed by atoms with Crippen LogP contribution in [-0.2, 0) is 28.6 Å². The molecule has 2 N–H and O–H groups in total. The minimum atomic E-state index is -4.18. The Morgan fingerprint density at radius 1 is 1.56 bits per heavy atom. The Kier molecular flexibility index (Phi) is 7.60. The predicted molar refractivity (Wildman–Crippen MR) is 28.3 cm³/mol. The summed E-state index contributed by atoms with van der Waals surface area (Å²) in [7, 11) is -4.18. The molecule has 0 rings (SSSR count). The first kappa shape index (κ1) is 12.4. The van der Waals surface area contributed by atoms with Gasteiger partial charge in [0.05, 0.1) is 6.61 Å². The van der Waals surface area contributed by atoms with Crippen molar-refractivity contribution in [2.24, 2.45) is 0 Å². The summed E-state index contributed by atoms with van der Waals surface area (Å²) < 4.78 is 13.9. The second-order valence-corrected chi connectivity index (χ2v) is 2.56. The smallest absolute Gasteiger partial charge is 0.303 e. The number of phosphoric acid groups is 1. The maximum Gasteiger partial charge on any atom is 0.469 e. The summed E-state index contributed by atoms with van der Waals surface area (Å²) in [6, 6.07) is 0. The van der Waals surface area contributed by atoms with E-state index in [2.05, 4.69) is 4.52 Å². The molecular weight excluding hydrogens is 196 g/mol. The van der Waals surface area contributed by atoms with Crippen LogP contribution in [0, 0.1) is 0 Å². The first-order valence-corrected chi connectivity index (χ1v) is 3.79. The van der Waals surface area contributed by atoms with Gasteiger partial charge in [-0.15, -0.1) is 0 Å². The molecule has 0 saturated heterocycles. The molecule has 0 fully saturated rings. The van der Waals surface area contributed by atoms with Gasteiger partial charge in [0.25, 0.3) is 0 Å². The van der Waals surface area contributed by atoms with Crippen molar-refractivity contribution in [2.75, 3.05) is 6.61 Å². The van der Waals surface area contributed by atoms with Crippen LogP contribution in [0.5, 0.6) is 0 Å². The average Bonchev–Trinajstić information content (AvgIpc) is 1.59. The molecule has 0 aliphatic heterocycles. The van der Waals surface area contributed by atoms with E-state index in [9.17, 15) is 4.57 Å². The summed E-state index contributed by atoms with van der Waals surface area (Å²) in [5, 5.41) is 0. The number of rotatable bonds is 3. The van der Waals surface area contributed by atoms with Crippen molar-refractivity contribution in [2.45, 2.75) is 13.3 Å². The van der Waals surface area contributed by atoms with E-state index in [0.29, 0.717) is 6.42 Å². The van der Waals surface area contributed by atoms with Crippen LogP contribution in [-0.4, -0.2) is 16.4 Å². The molecule has 9 heavy (non-hydrogen) atoms. The summed E-state index contributed by atoms with van der Waals surface area (Å²) in [5.74, 6) is 0. The quantitative estimate of drug-likeness (QED) is 0.520. The van der Waals surface area contributed by atoms with Crippen molar-refractivity contribution < 1.29 is 38.4 Å². The van der Waals surface area contributed by atoms with E-state index in [1.54, 1.807) is 6.92 Å². The van der Waals surface area contributed by atoms with Crippen molar-refractivity contribution >= 4 is 7.82 Å². The van der Waals surface area contributed by atoms with Crippen LogP contribution in [0.25, 0.3) is 0 Å². The van der Waals surface area contributed by atoms with Crippen molar-refractivity contribution in [3.8, 4) is 0 Å². The molecule has 0 heterocycles. The number of hydrogen-bond donors (Lipinski definition) is 2. The Labute approximate surface area is 66.6 Å². The average molecular weight is 205 g/mol. The van der Waals surface area contributed by atoms with Crippen LogP contribution in [0.1, 0.15) is 13.3 Å². The molecule has 0 unspecified atom stereocenters. The van der Waals surface area contributed by atoms with Crippen molar-refractivity contribution in [3.63, 3.8) is 0 Å². The van der Waals surface area contributed by atoms with E-state index in [1.807, 2.05) is 0 Å². The molecule has 0 spiro atoms. The van der Waals surface area contributed by atoms with Gasteiger partial charge < -0.3 is 9.79 Å². The number of hydrogen-bond acceptors (Lipinski definition) is 2. The van der Waals surface area contributed by atoms with Gasteiger partial charge in [-0.25, -0.2) is 4.57 Å². The molecule has 0 amide bonds. The summed E-state index contributed by atoms with van der Waals surface area (Å²) in [5.41, 5.74) is 0. The molecule has 0 aromatic rings. The summed E-state index contributed by atoms with van der Waals surface area (Å²) in [6.07, 6.45) is 0.616. The largest absolute Gasteiger partial charge is 0.469 e. The molecule has 0 aliphatic rings. The third-order valence-corrected chi connectivity index (χ3v) is 0.983. The van der Waals surface area contributed by atoms with Gasteiger partial charge in [-0.2, -0.15) is 0 Å². The SMILES string of the molecule is CCCOP(=O)(O)O.[Zn]. The maximum absolute atomic E-state index is 9.86. The zero-order valence-corrected chi connectivity index (χ0v) is 9.14. The second-order valence-electron chi connectivity index (χ2n) is 1.32. The minimum absolute atomic E-state index is 0. The van der Waals surface area contributed by atoms with E-state index in [0.717, 1.165) is 0 Å². The van der Waals surface area contributed by atoms with Crippen molar-refractivity contribution in [3.05, 3.63) is 0 Å². The first-order valence-electron chi connectivity index (χ1n) is 2.26. The standard InChI is InChI=1S/C3H9O4P.Zn/c1-2-3-7-8(4,5)6;/h2-3H2,1H3,(H2,4,5,6);. The zero-order valence-electron chi connectivity index (χ0n) is 5.28. The molecular formula is C3H9O4PZn. The topological polar surface area (TPSA) is 66.8 Å². The van der Waals surface area contributed by atoms with Crippen LogP contribution in [0.3, 0.4) is 0 Å². The summed E-state index contributed by atoms with van der Waals surface area (Å²) in [4.78, 5) is 16.1. The fourth-order valence-electron chi connectivity index (χ4n) is 0.210. The fraction of sp³-hybridized carbons (Fsp3) is 1.00. The van der Waals surface area contributed by atoms with E-state index in [-0.39, 0.29) is 26.1 Å². The van der Waals surface area contributed by atoms with Gasteiger partial charge >= 0.3 is 7.82 Å². The van der Waals surface area contributed by atoms with E-state index < -0.39 is 7.82 Å². The molecule has 52 valence electrons. The van der Waals surface area contributed by atoms with Crippen LogP contribution in [0.2, 0.25) is 0 Å². The normalized spacial score (nSPS) is 10.6. The third-order valence-electron chi connectivity index (χ3n) is 0.464. The molecule has 0 aromatic carbocycles. The molecule has 0 atom stereocenters. The van der Waals surface area contributed by atoms with Crippen LogP contribution < -0.4 is 0 Å². The van der Waals surface area contributed by atoms with E-state index >= 15 is 0 Å².